The predicted molar refractivity (Wildman–Crippen MR) is 98.7 cm³/mol. The van der Waals surface area contributed by atoms with Gasteiger partial charge in [0.1, 0.15) is 0 Å². The van der Waals surface area contributed by atoms with E-state index in [0.717, 1.165) is 24.1 Å². The lowest BCUT2D eigenvalue weighted by Gasteiger charge is -2.22. The van der Waals surface area contributed by atoms with E-state index < -0.39 is 36.1 Å². The minimum absolute atomic E-state index is 0.0529. The van der Waals surface area contributed by atoms with E-state index in [1.54, 1.807) is 30.3 Å². The molecule has 0 aliphatic heterocycles. The van der Waals surface area contributed by atoms with Crippen LogP contribution in [-0.4, -0.2) is 29.1 Å². The molecule has 0 amide bonds. The fraction of sp³-hybridized carbons (Fsp3) is 0.294. The standard InChI is InChI=1S/C17H19N3O6S/c1-2-3-11-18(13-14-7-5-4-6-8-14)27(25,26)17-10-9-15(19(21)22)12-16(17)20(23)24/h4-10,12H,2-3,11,13H2,1H3. The van der Waals surface area contributed by atoms with Crippen molar-refractivity contribution in [1.82, 2.24) is 4.31 Å². The smallest absolute Gasteiger partial charge is 0.258 e. The van der Waals surface area contributed by atoms with Crippen molar-refractivity contribution in [2.45, 2.75) is 31.2 Å². The highest BCUT2D eigenvalue weighted by Gasteiger charge is 2.33. The summed E-state index contributed by atoms with van der Waals surface area (Å²) in [5.74, 6) is 0. The first-order valence-corrected chi connectivity index (χ1v) is 9.68. The van der Waals surface area contributed by atoms with E-state index in [0.29, 0.717) is 12.5 Å². The molecule has 9 nitrogen and oxygen atoms in total. The summed E-state index contributed by atoms with van der Waals surface area (Å²) >= 11 is 0. The molecule has 0 radical (unpaired) electrons. The van der Waals surface area contributed by atoms with Crippen LogP contribution < -0.4 is 0 Å². The fourth-order valence-corrected chi connectivity index (χ4v) is 4.13. The zero-order valence-electron chi connectivity index (χ0n) is 14.6. The monoisotopic (exact) mass is 393 g/mol. The molecule has 0 aliphatic carbocycles. The first-order chi connectivity index (χ1) is 12.8. The Balaban J connectivity index is 2.51. The van der Waals surface area contributed by atoms with Crippen molar-refractivity contribution in [2.24, 2.45) is 0 Å². The molecule has 2 rings (SSSR count). The van der Waals surface area contributed by atoms with Gasteiger partial charge in [0.15, 0.2) is 4.90 Å². The normalized spacial score (nSPS) is 11.5. The lowest BCUT2D eigenvalue weighted by Crippen LogP contribution is -2.32. The lowest BCUT2D eigenvalue weighted by molar-refractivity contribution is -0.396. The van der Waals surface area contributed by atoms with Crippen LogP contribution >= 0.6 is 0 Å². The number of nitro benzene ring substituents is 2. The van der Waals surface area contributed by atoms with Gasteiger partial charge in [-0.2, -0.15) is 4.31 Å². The Labute approximate surface area is 156 Å². The Hall–Kier alpha value is -2.85. The topological polar surface area (TPSA) is 124 Å². The molecule has 144 valence electrons. The van der Waals surface area contributed by atoms with Crippen molar-refractivity contribution in [2.75, 3.05) is 6.54 Å². The highest BCUT2D eigenvalue weighted by atomic mass is 32.2. The van der Waals surface area contributed by atoms with Gasteiger partial charge in [-0.3, -0.25) is 20.2 Å². The molecule has 0 spiro atoms. The molecule has 0 N–H and O–H groups in total. The maximum Gasteiger partial charge on any atom is 0.296 e. The van der Waals surface area contributed by atoms with Crippen LogP contribution in [0.25, 0.3) is 0 Å². The van der Waals surface area contributed by atoms with Gasteiger partial charge in [0, 0.05) is 19.2 Å². The highest BCUT2D eigenvalue weighted by molar-refractivity contribution is 7.89. The third kappa shape index (κ3) is 4.86. The third-order valence-corrected chi connectivity index (χ3v) is 5.82. The van der Waals surface area contributed by atoms with Crippen molar-refractivity contribution < 1.29 is 18.3 Å². The molecule has 0 fully saturated rings. The van der Waals surface area contributed by atoms with Crippen molar-refractivity contribution >= 4 is 21.4 Å². The molecule has 0 unspecified atom stereocenters. The molecule has 0 aliphatic rings. The summed E-state index contributed by atoms with van der Waals surface area (Å²) in [6, 6.07) is 11.4. The van der Waals surface area contributed by atoms with Crippen LogP contribution in [-0.2, 0) is 16.6 Å². The average Bonchev–Trinajstić information content (AvgIpc) is 2.65. The molecule has 0 saturated heterocycles. The summed E-state index contributed by atoms with van der Waals surface area (Å²) in [7, 11) is -4.22. The zero-order chi connectivity index (χ0) is 20.0. The van der Waals surface area contributed by atoms with Crippen LogP contribution in [0.5, 0.6) is 0 Å². The SMILES string of the molecule is CCCCN(Cc1ccccc1)S(=O)(=O)c1ccc([N+](=O)[O-])cc1[N+](=O)[O-]. The van der Waals surface area contributed by atoms with Gasteiger partial charge in [0.05, 0.1) is 15.9 Å². The maximum absolute atomic E-state index is 13.1. The fourth-order valence-electron chi connectivity index (χ4n) is 2.52. The van der Waals surface area contributed by atoms with Crippen LogP contribution in [0.2, 0.25) is 0 Å². The number of non-ortho nitro benzene ring substituents is 1. The summed E-state index contributed by atoms with van der Waals surface area (Å²) in [6.07, 6.45) is 1.32. The van der Waals surface area contributed by atoms with E-state index >= 15 is 0 Å². The van der Waals surface area contributed by atoms with Crippen LogP contribution in [0.3, 0.4) is 0 Å². The molecular weight excluding hydrogens is 374 g/mol. The van der Waals surface area contributed by atoms with Gasteiger partial charge in [0.2, 0.25) is 10.0 Å². The van der Waals surface area contributed by atoms with Crippen LogP contribution in [0.4, 0.5) is 11.4 Å². The molecule has 2 aromatic carbocycles. The van der Waals surface area contributed by atoms with Crippen LogP contribution in [0, 0.1) is 20.2 Å². The molecule has 0 aromatic heterocycles. The third-order valence-electron chi connectivity index (χ3n) is 3.93. The van der Waals surface area contributed by atoms with Gasteiger partial charge >= 0.3 is 0 Å². The first-order valence-electron chi connectivity index (χ1n) is 8.24. The summed E-state index contributed by atoms with van der Waals surface area (Å²) in [5.41, 5.74) is -0.607. The molecule has 2 aromatic rings. The van der Waals surface area contributed by atoms with Gasteiger partial charge < -0.3 is 0 Å². The molecule has 10 heteroatoms. The molecule has 0 atom stereocenters. The summed E-state index contributed by atoms with van der Waals surface area (Å²) in [5, 5.41) is 22.2. The molecule has 27 heavy (non-hydrogen) atoms. The maximum atomic E-state index is 13.1. The summed E-state index contributed by atoms with van der Waals surface area (Å²) in [4.78, 5) is 19.9. The van der Waals surface area contributed by atoms with Gasteiger partial charge in [-0.25, -0.2) is 8.42 Å². The minimum atomic E-state index is -4.22. The highest BCUT2D eigenvalue weighted by Crippen LogP contribution is 2.31. The van der Waals surface area contributed by atoms with Gasteiger partial charge in [-0.1, -0.05) is 43.7 Å². The van der Waals surface area contributed by atoms with Crippen LogP contribution in [0.15, 0.2) is 53.4 Å². The number of nitrogens with zero attached hydrogens (tertiary/aromatic N) is 3. The van der Waals surface area contributed by atoms with Crippen molar-refractivity contribution in [3.05, 3.63) is 74.3 Å². The Morgan fingerprint density at radius 1 is 1.00 bits per heavy atom. The average molecular weight is 393 g/mol. The number of hydrogen-bond acceptors (Lipinski definition) is 6. The molecule has 0 heterocycles. The van der Waals surface area contributed by atoms with Crippen molar-refractivity contribution in [3.8, 4) is 0 Å². The number of hydrogen-bond donors (Lipinski definition) is 0. The Kier molecular flexibility index (Phi) is 6.59. The van der Waals surface area contributed by atoms with Crippen molar-refractivity contribution in [3.63, 3.8) is 0 Å². The zero-order valence-corrected chi connectivity index (χ0v) is 15.5. The number of benzene rings is 2. The Morgan fingerprint density at radius 3 is 2.22 bits per heavy atom. The van der Waals surface area contributed by atoms with E-state index in [2.05, 4.69) is 0 Å². The summed E-state index contributed by atoms with van der Waals surface area (Å²) in [6.45, 7) is 2.14. The van der Waals surface area contributed by atoms with Gasteiger partial charge in [-0.15, -0.1) is 0 Å². The largest absolute Gasteiger partial charge is 0.296 e. The lowest BCUT2D eigenvalue weighted by atomic mass is 10.2. The predicted octanol–water partition coefficient (Wildman–Crippen LogP) is 3.49. The van der Waals surface area contributed by atoms with E-state index in [4.69, 9.17) is 0 Å². The van der Waals surface area contributed by atoms with Gasteiger partial charge in [0.25, 0.3) is 11.4 Å². The van der Waals surface area contributed by atoms with E-state index in [-0.39, 0.29) is 13.1 Å². The van der Waals surface area contributed by atoms with Crippen LogP contribution in [0.1, 0.15) is 25.3 Å². The second-order valence-electron chi connectivity index (χ2n) is 5.84. The molecular formula is C17H19N3O6S. The number of nitro groups is 2. The quantitative estimate of drug-likeness (QED) is 0.474. The minimum Gasteiger partial charge on any atom is -0.258 e. The van der Waals surface area contributed by atoms with E-state index in [1.165, 1.54) is 4.31 Å². The van der Waals surface area contributed by atoms with E-state index in [1.807, 2.05) is 6.92 Å². The van der Waals surface area contributed by atoms with E-state index in [9.17, 15) is 28.6 Å². The second-order valence-corrected chi connectivity index (χ2v) is 7.75. The summed E-state index contributed by atoms with van der Waals surface area (Å²) < 4.78 is 27.4. The second kappa shape index (κ2) is 8.69. The number of unbranched alkanes of at least 4 members (excludes halogenated alkanes) is 1. The Morgan fingerprint density at radius 2 is 1.67 bits per heavy atom. The number of rotatable bonds is 9. The van der Waals surface area contributed by atoms with Crippen molar-refractivity contribution in [1.29, 1.82) is 0 Å². The first kappa shape index (κ1) is 20.5. The number of sulfonamides is 1. The molecule has 0 saturated carbocycles. The van der Waals surface area contributed by atoms with Gasteiger partial charge in [-0.05, 0) is 18.1 Å². The molecule has 0 bridgehead atoms. The Bertz CT molecular complexity index is 931.